The summed E-state index contributed by atoms with van der Waals surface area (Å²) in [6.45, 7) is 8.79. The molecule has 0 radical (unpaired) electrons. The van der Waals surface area contributed by atoms with Crippen LogP contribution in [0.3, 0.4) is 0 Å². The Hall–Kier alpha value is -5.97. The van der Waals surface area contributed by atoms with E-state index in [0.29, 0.717) is 76.8 Å². The second-order valence-corrected chi connectivity index (χ2v) is 23.7. The predicted octanol–water partition coefficient (Wildman–Crippen LogP) is 6.64. The van der Waals surface area contributed by atoms with Crippen molar-refractivity contribution in [2.75, 3.05) is 67.5 Å². The number of anilines is 3. The Labute approximate surface area is 425 Å². The van der Waals surface area contributed by atoms with Crippen molar-refractivity contribution in [3.63, 3.8) is 0 Å². The summed E-state index contributed by atoms with van der Waals surface area (Å²) in [5.41, 5.74) is 3.10. The van der Waals surface area contributed by atoms with Gasteiger partial charge in [-0.05, 0) is 140 Å². The summed E-state index contributed by atoms with van der Waals surface area (Å²) in [5.74, 6) is 0.335. The number of nitrogens with zero attached hydrogens (tertiary/aromatic N) is 9. The molecule has 14 rings (SSSR count). The maximum Gasteiger partial charge on any atom is 0.238 e. The summed E-state index contributed by atoms with van der Waals surface area (Å²) in [6.07, 6.45) is 14.6. The molecule has 3 aliphatic carbocycles. The van der Waals surface area contributed by atoms with Crippen LogP contribution in [-0.2, 0) is 29.4 Å². The number of carbonyl (C=O) groups excluding carboxylic acids is 5. The largest absolute Gasteiger partial charge is 0.366 e. The number of amides is 5. The fraction of sp³-hybridized carbons (Fsp3) is 0.607. The molecule has 1 atom stereocenters. The molecule has 3 saturated carbocycles. The van der Waals surface area contributed by atoms with Gasteiger partial charge in [0.1, 0.15) is 17.0 Å². The SMILES string of the molecule is CC(C)n1cnc2cc(-c3ccc4c(c3)N(C3CC(N5CCCCC5)C3)C(=O)C43CCN(C(=O)C45CN(C(=O)C6CCN(c7ccc(C8CCC(=O)NC8=O)cn7)CC6)CC(F)(C4)C5)CC3)nc(NC3CC3)c21. The van der Waals surface area contributed by atoms with E-state index in [1.165, 1.54) is 19.3 Å². The van der Waals surface area contributed by atoms with Gasteiger partial charge in [-0.25, -0.2) is 19.3 Å². The monoisotopic (exact) mass is 994 g/mol. The number of hydrogen-bond donors (Lipinski definition) is 2. The average molecular weight is 994 g/mol. The van der Waals surface area contributed by atoms with Gasteiger partial charge in [0.2, 0.25) is 29.5 Å². The summed E-state index contributed by atoms with van der Waals surface area (Å²) in [4.78, 5) is 93.5. The molecule has 10 heterocycles. The lowest BCUT2D eigenvalue weighted by molar-refractivity contribution is -0.190. The number of rotatable bonds is 10. The van der Waals surface area contributed by atoms with Crippen LogP contribution in [0.15, 0.2) is 48.9 Å². The smallest absolute Gasteiger partial charge is 0.238 e. The van der Waals surface area contributed by atoms with E-state index >= 15 is 9.18 Å². The molecule has 2 bridgehead atoms. The fourth-order valence-corrected chi connectivity index (χ4v) is 14.4. The van der Waals surface area contributed by atoms with E-state index in [1.54, 1.807) is 11.1 Å². The summed E-state index contributed by atoms with van der Waals surface area (Å²) < 4.78 is 18.6. The van der Waals surface area contributed by atoms with E-state index in [1.807, 2.05) is 23.4 Å². The lowest BCUT2D eigenvalue weighted by atomic mass is 9.55. The van der Waals surface area contributed by atoms with Crippen molar-refractivity contribution >= 4 is 57.9 Å². The number of pyridine rings is 2. The van der Waals surface area contributed by atoms with Gasteiger partial charge in [0.25, 0.3) is 0 Å². The zero-order valence-electron chi connectivity index (χ0n) is 42.3. The minimum absolute atomic E-state index is 0.0133. The van der Waals surface area contributed by atoms with Crippen LogP contribution in [0.5, 0.6) is 0 Å². The Morgan fingerprint density at radius 3 is 2.30 bits per heavy atom. The van der Waals surface area contributed by atoms with E-state index in [2.05, 4.69) is 73.0 Å². The Morgan fingerprint density at radius 1 is 0.836 bits per heavy atom. The number of fused-ring (bicyclic) bond motifs is 5. The molecule has 384 valence electrons. The van der Waals surface area contributed by atoms with Gasteiger partial charge < -0.3 is 34.4 Å². The van der Waals surface area contributed by atoms with E-state index in [9.17, 15) is 19.2 Å². The molecule has 1 aromatic carbocycles. The lowest BCUT2D eigenvalue weighted by Gasteiger charge is -2.60. The predicted molar refractivity (Wildman–Crippen MR) is 274 cm³/mol. The molecule has 1 unspecified atom stereocenters. The number of imide groups is 1. The zero-order chi connectivity index (χ0) is 50.0. The van der Waals surface area contributed by atoms with Crippen LogP contribution < -0.4 is 20.4 Å². The second-order valence-electron chi connectivity index (χ2n) is 23.7. The molecule has 10 aliphatic rings. The average Bonchev–Trinajstić information content (AvgIpc) is 4.04. The molecule has 9 fully saturated rings. The topological polar surface area (TPSA) is 169 Å². The Kier molecular flexibility index (Phi) is 11.3. The highest BCUT2D eigenvalue weighted by atomic mass is 19.1. The molecular formula is C56H68FN11O5. The Balaban J connectivity index is 0.703. The van der Waals surface area contributed by atoms with Gasteiger partial charge in [0.05, 0.1) is 40.8 Å². The highest BCUT2D eigenvalue weighted by Gasteiger charge is 2.67. The quantitative estimate of drug-likeness (QED) is 0.164. The van der Waals surface area contributed by atoms with Crippen LogP contribution >= 0.6 is 0 Å². The summed E-state index contributed by atoms with van der Waals surface area (Å²) >= 11 is 0. The Morgan fingerprint density at radius 2 is 1.60 bits per heavy atom. The normalized spacial score (nSPS) is 29.4. The molecule has 1 spiro atoms. The number of piperidine rings is 6. The van der Waals surface area contributed by atoms with Crippen molar-refractivity contribution in [2.24, 2.45) is 11.3 Å². The van der Waals surface area contributed by atoms with Gasteiger partial charge in [-0.3, -0.25) is 29.3 Å². The number of aromatic nitrogens is 4. The van der Waals surface area contributed by atoms with E-state index < -0.39 is 22.4 Å². The van der Waals surface area contributed by atoms with Gasteiger partial charge in [0, 0.05) is 86.7 Å². The first-order valence-corrected chi connectivity index (χ1v) is 27.5. The maximum atomic E-state index is 16.4. The number of carbonyl (C=O) groups is 5. The first-order chi connectivity index (χ1) is 35.3. The minimum Gasteiger partial charge on any atom is -0.366 e. The minimum atomic E-state index is -1.59. The standard InChI is InChI=1S/C56H68FN11O5/c1-34(2)67-33-59-44-27-43(61-49(48(44)67)60-38-8-9-38)36-6-11-42-45(24-36)68(40-25-39(26-40)63-18-4-3-5-19-63)53(73)56(42)16-22-65(23-17-56)52(72)54-29-55(57,30-54)32-66(31-54)51(71)35-14-20-64(21-15-35)46-12-7-37(28-58-46)41-10-13-47(69)62-50(41)70/h6-7,11-12,24,27-28,33-35,38-41H,3-5,8-10,13-23,25-26,29-32H2,1-2H3,(H,60,61)(H,62,69,70). The number of imidazole rings is 1. The maximum absolute atomic E-state index is 16.4. The van der Waals surface area contributed by atoms with E-state index in [4.69, 9.17) is 9.97 Å². The number of nitrogens with one attached hydrogen (secondary N) is 2. The number of alkyl halides is 1. The molecule has 17 heteroatoms. The summed E-state index contributed by atoms with van der Waals surface area (Å²) in [6, 6.07) is 13.5. The van der Waals surface area contributed by atoms with Crippen molar-refractivity contribution in [3.8, 4) is 11.3 Å². The van der Waals surface area contributed by atoms with Crippen molar-refractivity contribution in [1.29, 1.82) is 0 Å². The third-order valence-corrected chi connectivity index (χ3v) is 18.6. The van der Waals surface area contributed by atoms with Crippen LogP contribution in [0.25, 0.3) is 22.3 Å². The van der Waals surface area contributed by atoms with Crippen LogP contribution in [0.1, 0.15) is 133 Å². The third kappa shape index (κ3) is 7.99. The molecule has 5 amide bonds. The number of hydrogen-bond acceptors (Lipinski definition) is 11. The van der Waals surface area contributed by atoms with Crippen molar-refractivity contribution in [2.45, 2.75) is 151 Å². The number of halogens is 1. The first-order valence-electron chi connectivity index (χ1n) is 27.5. The highest BCUT2D eigenvalue weighted by Crippen LogP contribution is 2.58. The second kappa shape index (κ2) is 17.6. The fourth-order valence-electron chi connectivity index (χ4n) is 14.4. The lowest BCUT2D eigenvalue weighted by Crippen LogP contribution is -2.71. The molecule has 73 heavy (non-hydrogen) atoms. The van der Waals surface area contributed by atoms with Gasteiger partial charge >= 0.3 is 0 Å². The molecule has 7 aliphatic heterocycles. The molecule has 3 aromatic heterocycles. The van der Waals surface area contributed by atoms with Gasteiger partial charge in [-0.2, -0.15) is 0 Å². The van der Waals surface area contributed by atoms with Crippen molar-refractivity contribution < 1.29 is 28.4 Å². The summed E-state index contributed by atoms with van der Waals surface area (Å²) in [5, 5.41) is 6.10. The van der Waals surface area contributed by atoms with Gasteiger partial charge in [0.15, 0.2) is 5.82 Å². The Bertz CT molecular complexity index is 2880. The molecule has 2 N–H and O–H groups in total. The summed E-state index contributed by atoms with van der Waals surface area (Å²) in [7, 11) is 0. The first kappa shape index (κ1) is 46.8. The van der Waals surface area contributed by atoms with Crippen molar-refractivity contribution in [3.05, 3.63) is 60.0 Å². The van der Waals surface area contributed by atoms with Gasteiger partial charge in [-0.1, -0.05) is 24.6 Å². The van der Waals surface area contributed by atoms with E-state index in [0.717, 1.165) is 89.5 Å². The highest BCUT2D eigenvalue weighted by molar-refractivity contribution is 6.10. The van der Waals surface area contributed by atoms with Crippen LogP contribution in [-0.4, -0.2) is 140 Å². The van der Waals surface area contributed by atoms with E-state index in [-0.39, 0.29) is 73.5 Å². The molecule has 6 saturated heterocycles. The third-order valence-electron chi connectivity index (χ3n) is 18.6. The zero-order valence-corrected chi connectivity index (χ0v) is 42.3. The van der Waals surface area contributed by atoms with Crippen molar-refractivity contribution in [1.82, 2.24) is 39.5 Å². The van der Waals surface area contributed by atoms with Crippen LogP contribution in [0.4, 0.5) is 21.7 Å². The molecular weight excluding hydrogens is 926 g/mol. The number of benzene rings is 1. The van der Waals surface area contributed by atoms with Gasteiger partial charge in [-0.15, -0.1) is 0 Å². The van der Waals surface area contributed by atoms with Crippen LogP contribution in [0, 0.1) is 11.3 Å². The number of likely N-dealkylation sites (tertiary alicyclic amines) is 2. The molecule has 4 aromatic rings. The molecule has 16 nitrogen and oxygen atoms in total. The van der Waals surface area contributed by atoms with Crippen LogP contribution in [0.2, 0.25) is 0 Å².